The van der Waals surface area contributed by atoms with Gasteiger partial charge in [-0.15, -0.1) is 0 Å². The predicted octanol–water partition coefficient (Wildman–Crippen LogP) is 2.32. The molecule has 0 aliphatic heterocycles. The molecular formula is CH4BCl3. The summed E-state index contributed by atoms with van der Waals surface area (Å²) in [6, 6.07) is 0. The lowest BCUT2D eigenvalue weighted by atomic mass is 10.7. The fourth-order valence-electron chi connectivity index (χ4n) is 0. The first-order valence-electron chi connectivity index (χ1n) is 0.655. The van der Waals surface area contributed by atoms with Crippen molar-refractivity contribution in [2.24, 2.45) is 0 Å². The average Bonchev–Trinajstić information content (AvgIpc) is 0.811. The molecule has 0 heterocycles. The van der Waals surface area contributed by atoms with Crippen molar-refractivity contribution in [2.75, 3.05) is 0 Å². The molecule has 0 saturated heterocycles. The molecule has 4 heteroatoms. The predicted molar refractivity (Wildman–Crippen MR) is 30.0 cm³/mol. The van der Waals surface area contributed by atoms with Gasteiger partial charge in [0.25, 0.3) is 0 Å². The van der Waals surface area contributed by atoms with Gasteiger partial charge in [-0.3, -0.25) is 0 Å². The van der Waals surface area contributed by atoms with Crippen LogP contribution in [-0.2, 0) is 0 Å². The molecule has 0 amide bonds. The van der Waals surface area contributed by atoms with E-state index in [2.05, 4.69) is 0 Å². The van der Waals surface area contributed by atoms with E-state index in [-0.39, 0.29) is 7.43 Å². The lowest BCUT2D eigenvalue weighted by molar-refractivity contribution is 2.50. The van der Waals surface area contributed by atoms with Gasteiger partial charge in [0.1, 0.15) is 0 Å². The van der Waals surface area contributed by atoms with Gasteiger partial charge in [0.2, 0.25) is 0 Å². The summed E-state index contributed by atoms with van der Waals surface area (Å²) in [6.07, 6.45) is 0. The van der Waals surface area contributed by atoms with Gasteiger partial charge in [0.15, 0.2) is 0 Å². The van der Waals surface area contributed by atoms with Crippen molar-refractivity contribution in [1.82, 2.24) is 0 Å². The Bertz CT molecular complexity index is 11.6. The van der Waals surface area contributed by atoms with Crippen LogP contribution < -0.4 is 0 Å². The van der Waals surface area contributed by atoms with E-state index in [0.29, 0.717) is 0 Å². The molecule has 0 N–H and O–H groups in total. The Balaban J connectivity index is 0. The molecule has 0 saturated carbocycles. The van der Waals surface area contributed by atoms with Crippen LogP contribution in [0.3, 0.4) is 0 Å². The van der Waals surface area contributed by atoms with Crippen LogP contribution in [-0.4, -0.2) is 4.96 Å². The van der Waals surface area contributed by atoms with Crippen LogP contribution in [0.2, 0.25) is 0 Å². The highest BCUT2D eigenvalue weighted by molar-refractivity contribution is 7.54. The van der Waals surface area contributed by atoms with Crippen LogP contribution in [0, 0.1) is 0 Å². The Labute approximate surface area is 47.2 Å². The third-order valence-corrected chi connectivity index (χ3v) is 0. The highest BCUT2D eigenvalue weighted by Crippen LogP contribution is 1.97. The topological polar surface area (TPSA) is 0 Å². The first-order chi connectivity index (χ1) is 1.73. The molecule has 0 bridgehead atoms. The molecule has 0 aromatic carbocycles. The number of rotatable bonds is 0. The number of hydrogen-bond acceptors (Lipinski definition) is 0. The van der Waals surface area contributed by atoms with Crippen LogP contribution in [0.25, 0.3) is 0 Å². The summed E-state index contributed by atoms with van der Waals surface area (Å²) >= 11 is 14.4. The van der Waals surface area contributed by atoms with Gasteiger partial charge < -0.3 is 0 Å². The molecule has 0 aromatic rings. The van der Waals surface area contributed by atoms with E-state index in [9.17, 15) is 0 Å². The van der Waals surface area contributed by atoms with Gasteiger partial charge in [-0.1, -0.05) is 7.43 Å². The third kappa shape index (κ3) is 48.6. The maximum Gasteiger partial charge on any atom is 0.450 e. The van der Waals surface area contributed by atoms with E-state index < -0.39 is 4.96 Å². The van der Waals surface area contributed by atoms with Gasteiger partial charge in [-0.2, -0.15) is 34.4 Å². The molecule has 0 rings (SSSR count). The number of halogens is 3. The highest BCUT2D eigenvalue weighted by atomic mass is 35.6. The molecular weight excluding hydrogens is 129 g/mol. The van der Waals surface area contributed by atoms with E-state index in [1.165, 1.54) is 0 Å². The van der Waals surface area contributed by atoms with Gasteiger partial charge >= 0.3 is 4.96 Å². The van der Waals surface area contributed by atoms with Crippen LogP contribution in [0.4, 0.5) is 0 Å². The molecule has 0 fully saturated rings. The third-order valence-electron chi connectivity index (χ3n) is 0. The minimum atomic E-state index is -0.750. The van der Waals surface area contributed by atoms with E-state index in [4.69, 9.17) is 34.4 Å². The van der Waals surface area contributed by atoms with E-state index >= 15 is 0 Å². The van der Waals surface area contributed by atoms with Crippen molar-refractivity contribution >= 4 is 39.3 Å². The normalized spacial score (nSPS) is 5.40. The summed E-state index contributed by atoms with van der Waals surface area (Å²) in [5.41, 5.74) is 0. The first-order valence-corrected chi connectivity index (χ1v) is 1.96. The summed E-state index contributed by atoms with van der Waals surface area (Å²) in [6.45, 7) is 0. The maximum atomic E-state index is 4.81. The van der Waals surface area contributed by atoms with Crippen LogP contribution in [0.5, 0.6) is 0 Å². The number of hydrogen-bond donors (Lipinski definition) is 0. The quantitative estimate of drug-likeness (QED) is 0.445. The second-order valence-corrected chi connectivity index (χ2v) is 2.23. The van der Waals surface area contributed by atoms with E-state index in [1.54, 1.807) is 0 Å². The van der Waals surface area contributed by atoms with Crippen molar-refractivity contribution in [1.29, 1.82) is 0 Å². The molecule has 0 spiro atoms. The van der Waals surface area contributed by atoms with Gasteiger partial charge in [0, 0.05) is 0 Å². The van der Waals surface area contributed by atoms with Crippen molar-refractivity contribution in [3.8, 4) is 0 Å². The Morgan fingerprint density at radius 2 is 1.00 bits per heavy atom. The van der Waals surface area contributed by atoms with Crippen molar-refractivity contribution in [3.63, 3.8) is 0 Å². The van der Waals surface area contributed by atoms with Crippen molar-refractivity contribution in [3.05, 3.63) is 0 Å². The fourth-order valence-corrected chi connectivity index (χ4v) is 0. The molecule has 0 atom stereocenters. The summed E-state index contributed by atoms with van der Waals surface area (Å²) in [4.78, 5) is -0.750. The molecule has 0 unspecified atom stereocenters. The van der Waals surface area contributed by atoms with Gasteiger partial charge in [0.05, 0.1) is 0 Å². The zero-order valence-corrected chi connectivity index (χ0v) is 3.98. The van der Waals surface area contributed by atoms with Gasteiger partial charge in [-0.05, 0) is 0 Å². The molecule has 0 aliphatic rings. The average molecular weight is 133 g/mol. The zero-order valence-electron chi connectivity index (χ0n) is 1.71. The summed E-state index contributed by atoms with van der Waals surface area (Å²) in [5.74, 6) is 0. The van der Waals surface area contributed by atoms with Crippen molar-refractivity contribution in [2.45, 2.75) is 7.43 Å². The van der Waals surface area contributed by atoms with Crippen LogP contribution in [0.1, 0.15) is 7.43 Å². The molecule has 0 radical (unpaired) electrons. The first kappa shape index (κ1) is 9.33. The maximum absolute atomic E-state index is 4.81. The second-order valence-electron chi connectivity index (χ2n) is 0.247. The fraction of sp³-hybridized carbons (Fsp3) is 1.00. The molecule has 0 nitrogen and oxygen atoms in total. The van der Waals surface area contributed by atoms with Gasteiger partial charge in [-0.25, -0.2) is 0 Å². The molecule has 32 valence electrons. The standard InChI is InChI=1S/CH4.BCl3/c;2-1(3)4/h1H4;. The monoisotopic (exact) mass is 132 g/mol. The molecule has 0 aliphatic carbocycles. The summed E-state index contributed by atoms with van der Waals surface area (Å²) in [7, 11) is 0. The highest BCUT2D eigenvalue weighted by Gasteiger charge is 1.91. The largest absolute Gasteiger partial charge is 0.450 e. The van der Waals surface area contributed by atoms with Crippen molar-refractivity contribution < 1.29 is 0 Å². The molecule has 0 aromatic heterocycles. The second kappa shape index (κ2) is 4.93. The smallest absolute Gasteiger partial charge is 0.150 e. The Morgan fingerprint density at radius 1 is 1.00 bits per heavy atom. The Kier molecular flexibility index (Phi) is 9.21. The van der Waals surface area contributed by atoms with E-state index in [0.717, 1.165) is 0 Å². The molecule has 5 heavy (non-hydrogen) atoms. The minimum Gasteiger partial charge on any atom is -0.150 e. The Hall–Kier alpha value is 0.935. The van der Waals surface area contributed by atoms with Crippen LogP contribution >= 0.6 is 34.4 Å². The Morgan fingerprint density at radius 3 is 1.00 bits per heavy atom. The van der Waals surface area contributed by atoms with E-state index in [1.807, 2.05) is 0 Å². The minimum absolute atomic E-state index is 0. The van der Waals surface area contributed by atoms with Crippen LogP contribution in [0.15, 0.2) is 0 Å². The zero-order chi connectivity index (χ0) is 3.58. The summed E-state index contributed by atoms with van der Waals surface area (Å²) < 4.78 is 0. The summed E-state index contributed by atoms with van der Waals surface area (Å²) in [5, 5.41) is 0. The lowest BCUT2D eigenvalue weighted by Gasteiger charge is -1.61. The lowest BCUT2D eigenvalue weighted by Crippen LogP contribution is -1.66. The SMILES string of the molecule is C.ClB(Cl)Cl.